The first kappa shape index (κ1) is 18.9. The summed E-state index contributed by atoms with van der Waals surface area (Å²) < 4.78 is 33.8. The van der Waals surface area contributed by atoms with Gasteiger partial charge in [0.05, 0.1) is 6.04 Å². The number of aromatic hydroxyl groups is 1. The Hall–Kier alpha value is -3.41. The molecule has 0 radical (unpaired) electrons. The van der Waals surface area contributed by atoms with Crippen molar-refractivity contribution in [2.75, 3.05) is 6.54 Å². The molecular weight excluding hydrogens is 376 g/mol. The molecule has 0 saturated heterocycles. The molecule has 1 amide bonds. The molecule has 0 bridgehead atoms. The molecule has 148 valence electrons. The quantitative estimate of drug-likeness (QED) is 0.682. The summed E-state index contributed by atoms with van der Waals surface area (Å²) in [4.78, 5) is 14.3. The minimum atomic E-state index is -0.853. The summed E-state index contributed by atoms with van der Waals surface area (Å²) in [5.41, 5.74) is 1.98. The molecule has 0 fully saturated rings. The van der Waals surface area contributed by atoms with Crippen LogP contribution in [0, 0.1) is 11.6 Å². The Bertz CT molecular complexity index is 1040. The second-order valence-corrected chi connectivity index (χ2v) is 6.90. The van der Waals surface area contributed by atoms with Crippen molar-refractivity contribution >= 4 is 6.09 Å². The fourth-order valence-corrected chi connectivity index (χ4v) is 3.70. The smallest absolute Gasteiger partial charge is 0.410 e. The number of phenolic OH excluding ortho intramolecular Hbond substituents is 1. The predicted octanol–water partition coefficient (Wildman–Crippen LogP) is 4.95. The molecule has 6 heteroatoms. The number of amides is 1. The van der Waals surface area contributed by atoms with E-state index in [0.29, 0.717) is 17.5 Å². The summed E-state index contributed by atoms with van der Waals surface area (Å²) in [6.07, 6.45) is -0.313. The maximum absolute atomic E-state index is 14.4. The lowest BCUT2D eigenvalue weighted by Crippen LogP contribution is -2.41. The summed E-state index contributed by atoms with van der Waals surface area (Å²) in [5, 5.41) is 10.4. The van der Waals surface area contributed by atoms with Gasteiger partial charge in [-0.25, -0.2) is 13.6 Å². The van der Waals surface area contributed by atoms with E-state index < -0.39 is 18.0 Å². The third-order valence-electron chi connectivity index (χ3n) is 5.09. The van der Waals surface area contributed by atoms with Crippen molar-refractivity contribution in [3.63, 3.8) is 0 Å². The Labute approximate surface area is 167 Å². The zero-order chi connectivity index (χ0) is 20.4. The average molecular weight is 395 g/mol. The third-order valence-corrected chi connectivity index (χ3v) is 5.09. The molecule has 1 unspecified atom stereocenters. The first-order valence-corrected chi connectivity index (χ1v) is 9.27. The van der Waals surface area contributed by atoms with Gasteiger partial charge >= 0.3 is 6.09 Å². The van der Waals surface area contributed by atoms with Crippen molar-refractivity contribution < 1.29 is 23.4 Å². The Morgan fingerprint density at radius 2 is 1.83 bits per heavy atom. The Kier molecular flexibility index (Phi) is 5.16. The Balaban J connectivity index is 1.70. The molecule has 1 heterocycles. The van der Waals surface area contributed by atoms with E-state index in [1.165, 1.54) is 23.1 Å². The molecule has 29 heavy (non-hydrogen) atoms. The lowest BCUT2D eigenvalue weighted by molar-refractivity contribution is 0.0829. The molecule has 1 N–H and O–H groups in total. The molecule has 4 rings (SSSR count). The fourth-order valence-electron chi connectivity index (χ4n) is 3.70. The topological polar surface area (TPSA) is 49.8 Å². The molecular formula is C23H19F2NO3. The third kappa shape index (κ3) is 3.78. The van der Waals surface area contributed by atoms with E-state index in [4.69, 9.17) is 4.74 Å². The molecule has 1 aliphatic heterocycles. The number of phenols is 1. The maximum atomic E-state index is 14.4. The number of hydrogen-bond acceptors (Lipinski definition) is 3. The van der Waals surface area contributed by atoms with Gasteiger partial charge in [-0.05, 0) is 47.4 Å². The van der Waals surface area contributed by atoms with Crippen molar-refractivity contribution in [2.24, 2.45) is 0 Å². The van der Waals surface area contributed by atoms with Crippen LogP contribution in [0.5, 0.6) is 5.75 Å². The lowest BCUT2D eigenvalue weighted by atomic mass is 9.87. The van der Waals surface area contributed by atoms with Crippen LogP contribution in [-0.2, 0) is 17.8 Å². The highest BCUT2D eigenvalue weighted by Gasteiger charge is 2.35. The highest BCUT2D eigenvalue weighted by atomic mass is 19.1. The number of rotatable bonds is 3. The highest BCUT2D eigenvalue weighted by molar-refractivity contribution is 5.70. The SMILES string of the molecule is O=C(OCc1ccccc1)N1CCc2c(F)cccc2C1c1cc(F)ccc1O. The molecule has 1 aliphatic rings. The van der Waals surface area contributed by atoms with Crippen molar-refractivity contribution in [1.82, 2.24) is 4.90 Å². The summed E-state index contributed by atoms with van der Waals surface area (Å²) >= 11 is 0. The van der Waals surface area contributed by atoms with Crippen LogP contribution in [-0.4, -0.2) is 22.6 Å². The number of halogens is 2. The van der Waals surface area contributed by atoms with Crippen LogP contribution >= 0.6 is 0 Å². The van der Waals surface area contributed by atoms with Crippen molar-refractivity contribution in [3.8, 4) is 5.75 Å². The lowest BCUT2D eigenvalue weighted by Gasteiger charge is -2.37. The Morgan fingerprint density at radius 3 is 2.62 bits per heavy atom. The van der Waals surface area contributed by atoms with E-state index in [2.05, 4.69) is 0 Å². The van der Waals surface area contributed by atoms with Gasteiger partial charge in [0.15, 0.2) is 0 Å². The first-order chi connectivity index (χ1) is 14.0. The number of carbonyl (C=O) groups excluding carboxylic acids is 1. The number of fused-ring (bicyclic) bond motifs is 1. The molecule has 3 aromatic carbocycles. The summed E-state index contributed by atoms with van der Waals surface area (Å²) in [7, 11) is 0. The van der Waals surface area contributed by atoms with E-state index in [0.717, 1.165) is 17.7 Å². The van der Waals surface area contributed by atoms with Gasteiger partial charge < -0.3 is 9.84 Å². The van der Waals surface area contributed by atoms with Crippen LogP contribution < -0.4 is 0 Å². The van der Waals surface area contributed by atoms with Gasteiger partial charge in [0, 0.05) is 12.1 Å². The van der Waals surface area contributed by atoms with Gasteiger partial charge in [-0.15, -0.1) is 0 Å². The van der Waals surface area contributed by atoms with Crippen LogP contribution in [0.15, 0.2) is 66.7 Å². The Morgan fingerprint density at radius 1 is 1.03 bits per heavy atom. The monoisotopic (exact) mass is 395 g/mol. The number of hydrogen-bond donors (Lipinski definition) is 1. The second kappa shape index (κ2) is 7.91. The van der Waals surface area contributed by atoms with Gasteiger partial charge in [0.25, 0.3) is 0 Å². The standard InChI is InChI=1S/C23H19F2NO3/c24-16-9-10-21(27)19(13-16)22-18-7-4-8-20(25)17(18)11-12-26(22)23(28)29-14-15-5-2-1-3-6-15/h1-10,13,22,27H,11-12,14H2. The normalized spacial score (nSPS) is 15.7. The number of nitrogens with zero attached hydrogens (tertiary/aromatic N) is 1. The van der Waals surface area contributed by atoms with Crippen LogP contribution in [0.1, 0.15) is 28.3 Å². The largest absolute Gasteiger partial charge is 0.508 e. The molecule has 1 atom stereocenters. The van der Waals surface area contributed by atoms with E-state index in [9.17, 15) is 18.7 Å². The number of benzene rings is 3. The molecule has 0 aliphatic carbocycles. The molecule has 0 aromatic heterocycles. The number of carbonyl (C=O) groups is 1. The summed E-state index contributed by atoms with van der Waals surface area (Å²) in [5.74, 6) is -1.12. The number of ether oxygens (including phenoxy) is 1. The second-order valence-electron chi connectivity index (χ2n) is 6.90. The first-order valence-electron chi connectivity index (χ1n) is 9.27. The van der Waals surface area contributed by atoms with Crippen LogP contribution in [0.2, 0.25) is 0 Å². The molecule has 0 saturated carbocycles. The highest BCUT2D eigenvalue weighted by Crippen LogP contribution is 2.40. The van der Waals surface area contributed by atoms with Gasteiger partial charge in [-0.1, -0.05) is 42.5 Å². The van der Waals surface area contributed by atoms with E-state index in [-0.39, 0.29) is 30.3 Å². The van der Waals surface area contributed by atoms with Crippen molar-refractivity contribution in [1.29, 1.82) is 0 Å². The maximum Gasteiger partial charge on any atom is 0.410 e. The zero-order valence-corrected chi connectivity index (χ0v) is 15.5. The fraction of sp³-hybridized carbons (Fsp3) is 0.174. The van der Waals surface area contributed by atoms with Gasteiger partial charge in [0.2, 0.25) is 0 Å². The van der Waals surface area contributed by atoms with Crippen LogP contribution in [0.3, 0.4) is 0 Å². The minimum Gasteiger partial charge on any atom is -0.508 e. The van der Waals surface area contributed by atoms with E-state index in [1.807, 2.05) is 30.3 Å². The van der Waals surface area contributed by atoms with Gasteiger partial charge in [0.1, 0.15) is 24.0 Å². The molecule has 0 spiro atoms. The minimum absolute atomic E-state index is 0.0774. The summed E-state index contributed by atoms with van der Waals surface area (Å²) in [6, 6.07) is 16.5. The van der Waals surface area contributed by atoms with Crippen LogP contribution in [0.4, 0.5) is 13.6 Å². The van der Waals surface area contributed by atoms with Gasteiger partial charge in [-0.3, -0.25) is 4.90 Å². The van der Waals surface area contributed by atoms with Crippen molar-refractivity contribution in [2.45, 2.75) is 19.1 Å². The zero-order valence-electron chi connectivity index (χ0n) is 15.5. The molecule has 3 aromatic rings. The predicted molar refractivity (Wildman–Crippen MR) is 103 cm³/mol. The van der Waals surface area contributed by atoms with E-state index in [1.54, 1.807) is 6.07 Å². The van der Waals surface area contributed by atoms with Crippen LogP contribution in [0.25, 0.3) is 0 Å². The van der Waals surface area contributed by atoms with Crippen molar-refractivity contribution in [3.05, 3.63) is 101 Å². The summed E-state index contributed by atoms with van der Waals surface area (Å²) in [6.45, 7) is 0.260. The van der Waals surface area contributed by atoms with E-state index >= 15 is 0 Å². The molecule has 4 nitrogen and oxygen atoms in total. The van der Waals surface area contributed by atoms with Gasteiger partial charge in [-0.2, -0.15) is 0 Å². The average Bonchev–Trinajstić information content (AvgIpc) is 2.74.